The molecule has 0 aromatic heterocycles. The summed E-state index contributed by atoms with van der Waals surface area (Å²) in [7, 11) is 0. The van der Waals surface area contributed by atoms with E-state index in [1.807, 2.05) is 0 Å². The Balaban J connectivity index is 2.51. The molecule has 1 saturated heterocycles. The molecule has 0 bridgehead atoms. The van der Waals surface area contributed by atoms with Crippen molar-refractivity contribution in [2.24, 2.45) is 0 Å². The fourth-order valence-corrected chi connectivity index (χ4v) is 1.54. The molecule has 0 spiro atoms. The molecule has 7 heteroatoms. The monoisotopic (exact) mass is 238 g/mol. The van der Waals surface area contributed by atoms with E-state index < -0.39 is 24.7 Å². The number of nitrogens with zero attached hydrogens (tertiary/aromatic N) is 1. The Labute approximate surface area is 90.8 Å². The van der Waals surface area contributed by atoms with Gasteiger partial charge >= 0.3 is 6.18 Å². The van der Waals surface area contributed by atoms with Crippen LogP contribution in [0.5, 0.6) is 0 Å². The van der Waals surface area contributed by atoms with Gasteiger partial charge in [0.25, 0.3) is 0 Å². The van der Waals surface area contributed by atoms with Gasteiger partial charge in [-0.25, -0.2) is 0 Å². The second kappa shape index (κ2) is 4.71. The number of carbonyl (C=O) groups excluding carboxylic acids is 2. The number of halogens is 3. The van der Waals surface area contributed by atoms with Crippen molar-refractivity contribution in [2.75, 3.05) is 13.1 Å². The molecule has 0 unspecified atom stereocenters. The fraction of sp³-hybridized carbons (Fsp3) is 0.778. The summed E-state index contributed by atoms with van der Waals surface area (Å²) in [6, 6.07) is -0.796. The Morgan fingerprint density at radius 1 is 1.56 bits per heavy atom. The standard InChI is InChI=1S/C9H13F3N2O2/c1-2-7(15)13-6-3-4-14(8(6)16)5-9(10,11)12/h6H,2-5H2,1H3,(H,13,15)/t6-/m0/s1. The van der Waals surface area contributed by atoms with Gasteiger partial charge in [0, 0.05) is 13.0 Å². The van der Waals surface area contributed by atoms with Gasteiger partial charge < -0.3 is 10.2 Å². The number of alkyl halides is 3. The van der Waals surface area contributed by atoms with Gasteiger partial charge in [-0.1, -0.05) is 6.92 Å². The van der Waals surface area contributed by atoms with Gasteiger partial charge in [-0.15, -0.1) is 0 Å². The Morgan fingerprint density at radius 2 is 2.19 bits per heavy atom. The second-order valence-electron chi connectivity index (χ2n) is 3.64. The van der Waals surface area contributed by atoms with Crippen molar-refractivity contribution in [2.45, 2.75) is 32.0 Å². The van der Waals surface area contributed by atoms with Crippen molar-refractivity contribution in [3.05, 3.63) is 0 Å². The van der Waals surface area contributed by atoms with Crippen molar-refractivity contribution < 1.29 is 22.8 Å². The number of rotatable bonds is 3. The summed E-state index contributed by atoms with van der Waals surface area (Å²) in [5.41, 5.74) is 0. The highest BCUT2D eigenvalue weighted by molar-refractivity contribution is 5.89. The molecule has 2 amide bonds. The summed E-state index contributed by atoms with van der Waals surface area (Å²) < 4.78 is 36.2. The van der Waals surface area contributed by atoms with E-state index >= 15 is 0 Å². The van der Waals surface area contributed by atoms with Crippen LogP contribution in [0.15, 0.2) is 0 Å². The molecule has 92 valence electrons. The molecular weight excluding hydrogens is 225 g/mol. The molecule has 1 fully saturated rings. The molecule has 0 aromatic rings. The first kappa shape index (κ1) is 12.8. The molecule has 0 saturated carbocycles. The number of carbonyl (C=O) groups is 2. The molecule has 0 radical (unpaired) electrons. The van der Waals surface area contributed by atoms with Crippen molar-refractivity contribution in [1.82, 2.24) is 10.2 Å². The molecule has 1 heterocycles. The zero-order valence-corrected chi connectivity index (χ0v) is 8.80. The van der Waals surface area contributed by atoms with E-state index in [2.05, 4.69) is 5.32 Å². The van der Waals surface area contributed by atoms with Gasteiger partial charge in [0.2, 0.25) is 11.8 Å². The zero-order chi connectivity index (χ0) is 12.3. The van der Waals surface area contributed by atoms with Crippen molar-refractivity contribution in [1.29, 1.82) is 0 Å². The van der Waals surface area contributed by atoms with Gasteiger partial charge in [-0.2, -0.15) is 13.2 Å². The third kappa shape index (κ3) is 3.39. The lowest BCUT2D eigenvalue weighted by molar-refractivity contribution is -0.158. The molecule has 1 rings (SSSR count). The van der Waals surface area contributed by atoms with Crippen molar-refractivity contribution in [3.8, 4) is 0 Å². The van der Waals surface area contributed by atoms with Crippen LogP contribution >= 0.6 is 0 Å². The first-order valence-corrected chi connectivity index (χ1v) is 4.98. The number of nitrogens with one attached hydrogen (secondary N) is 1. The SMILES string of the molecule is CCC(=O)N[C@H]1CCN(CC(F)(F)F)C1=O. The van der Waals surface area contributed by atoms with Crippen LogP contribution in [0.2, 0.25) is 0 Å². The van der Waals surface area contributed by atoms with E-state index in [1.165, 1.54) is 0 Å². The molecule has 1 aliphatic heterocycles. The molecule has 16 heavy (non-hydrogen) atoms. The summed E-state index contributed by atoms with van der Waals surface area (Å²) in [6.07, 6.45) is -3.94. The largest absolute Gasteiger partial charge is 0.406 e. The third-order valence-electron chi connectivity index (χ3n) is 2.32. The predicted octanol–water partition coefficient (Wildman–Crippen LogP) is 0.676. The Kier molecular flexibility index (Phi) is 3.77. The normalized spacial score (nSPS) is 21.4. The molecule has 0 aliphatic carbocycles. The van der Waals surface area contributed by atoms with Gasteiger partial charge in [0.05, 0.1) is 0 Å². The number of hydrogen-bond acceptors (Lipinski definition) is 2. The first-order valence-electron chi connectivity index (χ1n) is 4.98. The Morgan fingerprint density at radius 3 is 2.69 bits per heavy atom. The van der Waals surface area contributed by atoms with Crippen LogP contribution in [0.25, 0.3) is 0 Å². The quantitative estimate of drug-likeness (QED) is 0.785. The highest BCUT2D eigenvalue weighted by Gasteiger charge is 2.39. The summed E-state index contributed by atoms with van der Waals surface area (Å²) in [6.45, 7) is 0.402. The zero-order valence-electron chi connectivity index (χ0n) is 8.80. The van der Waals surface area contributed by atoms with Crippen LogP contribution in [0.1, 0.15) is 19.8 Å². The van der Waals surface area contributed by atoms with Gasteiger partial charge in [-0.3, -0.25) is 9.59 Å². The molecule has 1 aliphatic rings. The van der Waals surface area contributed by atoms with Crippen LogP contribution in [0.3, 0.4) is 0 Å². The van der Waals surface area contributed by atoms with Crippen molar-refractivity contribution in [3.63, 3.8) is 0 Å². The van der Waals surface area contributed by atoms with E-state index in [1.54, 1.807) is 6.92 Å². The minimum Gasteiger partial charge on any atom is -0.344 e. The van der Waals surface area contributed by atoms with Gasteiger partial charge in [-0.05, 0) is 6.42 Å². The maximum Gasteiger partial charge on any atom is 0.406 e. The van der Waals surface area contributed by atoms with E-state index in [9.17, 15) is 22.8 Å². The molecule has 1 atom stereocenters. The van der Waals surface area contributed by atoms with E-state index in [4.69, 9.17) is 0 Å². The Bertz CT molecular complexity index is 291. The second-order valence-corrected chi connectivity index (χ2v) is 3.64. The van der Waals surface area contributed by atoms with E-state index in [0.29, 0.717) is 0 Å². The van der Waals surface area contributed by atoms with Crippen LogP contribution in [-0.4, -0.2) is 42.0 Å². The maximum atomic E-state index is 12.1. The van der Waals surface area contributed by atoms with Crippen LogP contribution in [-0.2, 0) is 9.59 Å². The van der Waals surface area contributed by atoms with Crippen LogP contribution in [0, 0.1) is 0 Å². The Hall–Kier alpha value is -1.27. The van der Waals surface area contributed by atoms with Crippen LogP contribution in [0.4, 0.5) is 13.2 Å². The minimum atomic E-state index is -4.39. The molecule has 0 aromatic carbocycles. The van der Waals surface area contributed by atoms with Crippen molar-refractivity contribution >= 4 is 11.8 Å². The smallest absolute Gasteiger partial charge is 0.344 e. The summed E-state index contributed by atoms with van der Waals surface area (Å²) in [5, 5.41) is 2.40. The highest BCUT2D eigenvalue weighted by atomic mass is 19.4. The number of amides is 2. The third-order valence-corrected chi connectivity index (χ3v) is 2.32. The average molecular weight is 238 g/mol. The predicted molar refractivity (Wildman–Crippen MR) is 49.5 cm³/mol. The minimum absolute atomic E-state index is 0.0347. The topological polar surface area (TPSA) is 49.4 Å². The fourth-order valence-electron chi connectivity index (χ4n) is 1.54. The summed E-state index contributed by atoms with van der Waals surface area (Å²) in [5.74, 6) is -0.980. The van der Waals surface area contributed by atoms with E-state index in [-0.39, 0.29) is 25.3 Å². The maximum absolute atomic E-state index is 12.1. The van der Waals surface area contributed by atoms with Gasteiger partial charge in [0.15, 0.2) is 0 Å². The highest BCUT2D eigenvalue weighted by Crippen LogP contribution is 2.20. The summed E-state index contributed by atoms with van der Waals surface area (Å²) in [4.78, 5) is 23.2. The van der Waals surface area contributed by atoms with Gasteiger partial charge in [0.1, 0.15) is 12.6 Å². The van der Waals surface area contributed by atoms with E-state index in [0.717, 1.165) is 4.90 Å². The lowest BCUT2D eigenvalue weighted by Crippen LogP contribution is -2.43. The first-order chi connectivity index (χ1) is 7.33. The summed E-state index contributed by atoms with van der Waals surface area (Å²) >= 11 is 0. The average Bonchev–Trinajstić information content (AvgIpc) is 2.47. The number of hydrogen-bond donors (Lipinski definition) is 1. The lowest BCUT2D eigenvalue weighted by Gasteiger charge is -2.18. The van der Waals surface area contributed by atoms with Crippen LogP contribution < -0.4 is 5.32 Å². The number of likely N-dealkylation sites (tertiary alicyclic amines) is 1. The molecular formula is C9H13F3N2O2. The molecule has 1 N–H and O–H groups in total. The molecule has 4 nitrogen and oxygen atoms in total. The lowest BCUT2D eigenvalue weighted by atomic mass is 10.2.